The Bertz CT molecular complexity index is 773. The molecule has 2 aromatic rings. The fraction of sp³-hybridized carbons (Fsp3) is 0.0714. The first kappa shape index (κ1) is 14.9. The molecule has 1 aliphatic heterocycles. The maximum absolute atomic E-state index is 13.7. The van der Waals surface area contributed by atoms with Crippen LogP contribution in [0.2, 0.25) is 0 Å². The van der Waals surface area contributed by atoms with Crippen LogP contribution in [-0.4, -0.2) is 27.2 Å². The molecule has 0 spiro atoms. The second-order valence-electron chi connectivity index (χ2n) is 4.33. The number of nitrogens with zero attached hydrogens (tertiary/aromatic N) is 2. The number of amides is 1. The third-order valence-corrected chi connectivity index (χ3v) is 4.19. The van der Waals surface area contributed by atoms with Crippen LogP contribution in [-0.2, 0) is 4.79 Å². The van der Waals surface area contributed by atoms with Crippen molar-refractivity contribution in [2.45, 2.75) is 0 Å². The van der Waals surface area contributed by atoms with Crippen molar-refractivity contribution in [3.63, 3.8) is 0 Å². The Labute approximate surface area is 133 Å². The molecule has 3 rings (SSSR count). The summed E-state index contributed by atoms with van der Waals surface area (Å²) in [4.78, 5) is 11.5. The van der Waals surface area contributed by atoms with E-state index in [4.69, 9.17) is 16.6 Å². The van der Waals surface area contributed by atoms with Gasteiger partial charge >= 0.3 is 0 Å². The predicted molar refractivity (Wildman–Crippen MR) is 83.6 cm³/mol. The summed E-state index contributed by atoms with van der Waals surface area (Å²) in [7, 11) is 0. The summed E-state index contributed by atoms with van der Waals surface area (Å²) < 4.78 is 32.4. The van der Waals surface area contributed by atoms with Gasteiger partial charge in [-0.25, -0.2) is 8.78 Å². The lowest BCUT2D eigenvalue weighted by atomic mass is 10.1. The number of halogens is 2. The van der Waals surface area contributed by atoms with Crippen LogP contribution in [0.15, 0.2) is 39.9 Å². The minimum Gasteiger partial charge on any atom is -0.455 e. The molecule has 2 heterocycles. The number of carbonyl (C=O) groups is 1. The zero-order chi connectivity index (χ0) is 15.7. The smallest absolute Gasteiger partial charge is 0.259 e. The molecule has 0 bridgehead atoms. The highest BCUT2D eigenvalue weighted by molar-refractivity contribution is 8.23. The Morgan fingerprint density at radius 3 is 2.82 bits per heavy atom. The van der Waals surface area contributed by atoms with Gasteiger partial charge in [0.25, 0.3) is 5.91 Å². The molecule has 0 N–H and O–H groups in total. The quantitative estimate of drug-likeness (QED) is 0.635. The zero-order valence-electron chi connectivity index (χ0n) is 11.0. The lowest BCUT2D eigenvalue weighted by Gasteiger charge is -2.05. The van der Waals surface area contributed by atoms with Gasteiger partial charge < -0.3 is 4.42 Å². The maximum atomic E-state index is 13.7. The van der Waals surface area contributed by atoms with Gasteiger partial charge in [0.2, 0.25) is 0 Å². The lowest BCUT2D eigenvalue weighted by Crippen LogP contribution is -2.22. The molecular weight excluding hydrogens is 330 g/mol. The average molecular weight is 338 g/mol. The molecule has 1 aliphatic rings. The first-order valence-electron chi connectivity index (χ1n) is 6.13. The van der Waals surface area contributed by atoms with E-state index in [1.807, 2.05) is 0 Å². The topological polar surface area (TPSA) is 45.8 Å². The largest absolute Gasteiger partial charge is 0.455 e. The van der Waals surface area contributed by atoms with Gasteiger partial charge in [-0.1, -0.05) is 24.0 Å². The highest BCUT2D eigenvalue weighted by Crippen LogP contribution is 2.25. The molecule has 1 aromatic carbocycles. The van der Waals surface area contributed by atoms with Crippen LogP contribution >= 0.6 is 24.0 Å². The standard InChI is InChI=1S/C14H8F2N2O2S2/c15-8-1-3-10(11(16)5-8)12-4-2-9(20-12)6-17-18-13(19)7-22-14(18)21/h1-6H,7H2/b17-6-. The van der Waals surface area contributed by atoms with Gasteiger partial charge in [-0.3, -0.25) is 4.79 Å². The van der Waals surface area contributed by atoms with Crippen LogP contribution in [0.4, 0.5) is 8.78 Å². The molecular formula is C14H8F2N2O2S2. The van der Waals surface area contributed by atoms with Gasteiger partial charge in [0.15, 0.2) is 4.32 Å². The van der Waals surface area contributed by atoms with E-state index in [0.29, 0.717) is 10.1 Å². The summed E-state index contributed by atoms with van der Waals surface area (Å²) >= 11 is 6.21. The van der Waals surface area contributed by atoms with Crippen molar-refractivity contribution in [1.82, 2.24) is 5.01 Å². The molecule has 22 heavy (non-hydrogen) atoms. The van der Waals surface area contributed by atoms with E-state index in [1.165, 1.54) is 30.1 Å². The first-order chi connectivity index (χ1) is 10.5. The van der Waals surface area contributed by atoms with Gasteiger partial charge in [-0.15, -0.1) is 0 Å². The third kappa shape index (κ3) is 2.93. The van der Waals surface area contributed by atoms with E-state index in [9.17, 15) is 13.6 Å². The fourth-order valence-electron chi connectivity index (χ4n) is 1.83. The summed E-state index contributed by atoms with van der Waals surface area (Å²) in [5.74, 6) is -0.754. The number of rotatable bonds is 3. The number of hydrazone groups is 1. The number of thioether (sulfide) groups is 1. The minimum atomic E-state index is -0.717. The van der Waals surface area contributed by atoms with Gasteiger partial charge in [0, 0.05) is 6.07 Å². The van der Waals surface area contributed by atoms with Crippen molar-refractivity contribution in [3.05, 3.63) is 47.7 Å². The second kappa shape index (κ2) is 5.98. The average Bonchev–Trinajstić information content (AvgIpc) is 3.05. The monoisotopic (exact) mass is 338 g/mol. The molecule has 0 saturated carbocycles. The maximum Gasteiger partial charge on any atom is 0.259 e. The van der Waals surface area contributed by atoms with E-state index in [0.717, 1.165) is 17.1 Å². The van der Waals surface area contributed by atoms with Crippen molar-refractivity contribution in [3.8, 4) is 11.3 Å². The van der Waals surface area contributed by atoms with Gasteiger partial charge in [-0.05, 0) is 24.3 Å². The molecule has 1 fully saturated rings. The molecule has 0 aliphatic carbocycles. The first-order valence-corrected chi connectivity index (χ1v) is 7.53. The van der Waals surface area contributed by atoms with Crippen LogP contribution in [0.1, 0.15) is 5.76 Å². The van der Waals surface area contributed by atoms with Crippen molar-refractivity contribution >= 4 is 40.4 Å². The SMILES string of the molecule is O=C1CSC(=S)N1/N=C\c1ccc(-c2ccc(F)cc2F)o1. The van der Waals surface area contributed by atoms with Crippen molar-refractivity contribution in [2.24, 2.45) is 5.10 Å². The predicted octanol–water partition coefficient (Wildman–Crippen LogP) is 3.42. The van der Waals surface area contributed by atoms with Crippen LogP contribution in [0, 0.1) is 11.6 Å². The Balaban J connectivity index is 1.82. The van der Waals surface area contributed by atoms with Crippen molar-refractivity contribution in [1.29, 1.82) is 0 Å². The summed E-state index contributed by atoms with van der Waals surface area (Å²) in [6, 6.07) is 6.33. The lowest BCUT2D eigenvalue weighted by molar-refractivity contribution is -0.123. The highest BCUT2D eigenvalue weighted by atomic mass is 32.2. The number of hydrogen-bond acceptors (Lipinski definition) is 5. The Hall–Kier alpha value is -2.06. The van der Waals surface area contributed by atoms with Crippen LogP contribution in [0.5, 0.6) is 0 Å². The summed E-state index contributed by atoms with van der Waals surface area (Å²) in [5, 5.41) is 5.06. The molecule has 112 valence electrons. The molecule has 8 heteroatoms. The van der Waals surface area contributed by atoms with Gasteiger partial charge in [0.1, 0.15) is 23.2 Å². The number of benzene rings is 1. The molecule has 1 amide bonds. The van der Waals surface area contributed by atoms with Crippen LogP contribution in [0.3, 0.4) is 0 Å². The molecule has 0 radical (unpaired) electrons. The van der Waals surface area contributed by atoms with E-state index >= 15 is 0 Å². The van der Waals surface area contributed by atoms with E-state index in [2.05, 4.69) is 5.10 Å². The van der Waals surface area contributed by atoms with Crippen molar-refractivity contribution in [2.75, 3.05) is 5.75 Å². The number of thiocarbonyl (C=S) groups is 1. The Kier molecular flexibility index (Phi) is 4.04. The number of carbonyl (C=O) groups excluding carboxylic acids is 1. The normalized spacial score (nSPS) is 15.3. The summed E-state index contributed by atoms with van der Waals surface area (Å²) in [5.41, 5.74) is 0.143. The van der Waals surface area contributed by atoms with Crippen LogP contribution < -0.4 is 0 Å². The second-order valence-corrected chi connectivity index (χ2v) is 5.94. The van der Waals surface area contributed by atoms with Gasteiger partial charge in [-0.2, -0.15) is 10.1 Å². The summed E-state index contributed by atoms with van der Waals surface area (Å²) in [6.45, 7) is 0. The number of furan rings is 1. The fourth-order valence-corrected chi connectivity index (χ4v) is 2.80. The minimum absolute atomic E-state index is 0.143. The molecule has 0 unspecified atom stereocenters. The van der Waals surface area contributed by atoms with Crippen LogP contribution in [0.25, 0.3) is 11.3 Å². The van der Waals surface area contributed by atoms with E-state index in [1.54, 1.807) is 6.07 Å². The molecule has 4 nitrogen and oxygen atoms in total. The van der Waals surface area contributed by atoms with E-state index < -0.39 is 11.6 Å². The van der Waals surface area contributed by atoms with E-state index in [-0.39, 0.29) is 23.0 Å². The Morgan fingerprint density at radius 2 is 2.14 bits per heavy atom. The summed E-state index contributed by atoms with van der Waals surface area (Å²) in [6.07, 6.45) is 1.32. The molecule has 0 atom stereocenters. The number of hydrogen-bond donors (Lipinski definition) is 0. The highest BCUT2D eigenvalue weighted by Gasteiger charge is 2.26. The zero-order valence-corrected chi connectivity index (χ0v) is 12.6. The Morgan fingerprint density at radius 1 is 1.32 bits per heavy atom. The molecule has 1 aromatic heterocycles. The third-order valence-electron chi connectivity index (χ3n) is 2.85. The molecule has 1 saturated heterocycles. The van der Waals surface area contributed by atoms with Gasteiger partial charge in [0.05, 0.1) is 17.5 Å². The van der Waals surface area contributed by atoms with Crippen molar-refractivity contribution < 1.29 is 18.0 Å².